The van der Waals surface area contributed by atoms with Gasteiger partial charge in [-0.25, -0.2) is 0 Å². The Morgan fingerprint density at radius 3 is 2.33 bits per heavy atom. The Morgan fingerprint density at radius 2 is 1.93 bits per heavy atom. The van der Waals surface area contributed by atoms with E-state index in [0.29, 0.717) is 13.1 Å². The maximum absolute atomic E-state index is 12.1. The number of hydrogen-bond acceptors (Lipinski definition) is 3. The number of carbonyl (C=O) groups is 1. The monoisotopic (exact) mass is 214 g/mol. The van der Waals surface area contributed by atoms with Crippen molar-refractivity contribution in [1.82, 2.24) is 4.90 Å². The second-order valence-corrected chi connectivity index (χ2v) is 4.48. The molecule has 2 N–H and O–H groups in total. The van der Waals surface area contributed by atoms with Crippen molar-refractivity contribution in [2.45, 2.75) is 33.0 Å². The molecule has 0 saturated carbocycles. The van der Waals surface area contributed by atoms with Crippen LogP contribution in [0.3, 0.4) is 0 Å². The fourth-order valence-corrected chi connectivity index (χ4v) is 2.25. The Hall–Kier alpha value is -0.610. The average Bonchev–Trinajstić information content (AvgIpc) is 2.41. The number of rotatable bonds is 3. The molecule has 4 unspecified atom stereocenters. The predicted molar refractivity (Wildman–Crippen MR) is 59.4 cm³/mol. The summed E-state index contributed by atoms with van der Waals surface area (Å²) in [5, 5.41) is 0. The van der Waals surface area contributed by atoms with E-state index in [0.717, 1.165) is 0 Å². The first kappa shape index (κ1) is 12.5. The minimum atomic E-state index is -0.0171. The third kappa shape index (κ3) is 2.49. The fraction of sp³-hybridized carbons (Fsp3) is 0.909. The normalized spacial score (nSPS) is 35.5. The van der Waals surface area contributed by atoms with Crippen LogP contribution < -0.4 is 5.73 Å². The Kier molecular flexibility index (Phi) is 4.11. The summed E-state index contributed by atoms with van der Waals surface area (Å²) in [6.07, 6.45) is 0.183. The topological polar surface area (TPSA) is 55.6 Å². The number of nitrogens with two attached hydrogens (primary N) is 1. The molecule has 0 spiro atoms. The number of carbonyl (C=O) groups excluding carboxylic acids is 1. The van der Waals surface area contributed by atoms with E-state index in [9.17, 15) is 4.79 Å². The number of ether oxygens (including phenoxy) is 1. The summed E-state index contributed by atoms with van der Waals surface area (Å²) in [4.78, 5) is 13.8. The van der Waals surface area contributed by atoms with Gasteiger partial charge in [0.1, 0.15) is 0 Å². The van der Waals surface area contributed by atoms with Crippen LogP contribution in [0.1, 0.15) is 20.8 Å². The van der Waals surface area contributed by atoms with Gasteiger partial charge in [0.2, 0.25) is 5.91 Å². The van der Waals surface area contributed by atoms with Gasteiger partial charge >= 0.3 is 0 Å². The van der Waals surface area contributed by atoms with Crippen molar-refractivity contribution >= 4 is 5.91 Å². The van der Waals surface area contributed by atoms with Crippen molar-refractivity contribution in [3.8, 4) is 0 Å². The second kappa shape index (κ2) is 4.94. The quantitative estimate of drug-likeness (QED) is 0.742. The third-order valence-corrected chi connectivity index (χ3v) is 3.37. The molecule has 0 aromatic rings. The minimum absolute atomic E-state index is 0.0164. The van der Waals surface area contributed by atoms with Crippen LogP contribution in [0, 0.1) is 11.8 Å². The van der Waals surface area contributed by atoms with Gasteiger partial charge in [0.15, 0.2) is 0 Å². The lowest BCUT2D eigenvalue weighted by Crippen LogP contribution is -2.40. The van der Waals surface area contributed by atoms with Crippen LogP contribution in [0.5, 0.6) is 0 Å². The van der Waals surface area contributed by atoms with Gasteiger partial charge in [-0.05, 0) is 19.8 Å². The van der Waals surface area contributed by atoms with Crippen LogP contribution in [-0.4, -0.2) is 43.2 Å². The molecule has 1 aliphatic heterocycles. The fourth-order valence-electron chi connectivity index (χ4n) is 2.25. The van der Waals surface area contributed by atoms with E-state index in [2.05, 4.69) is 6.92 Å². The lowest BCUT2D eigenvalue weighted by atomic mass is 9.88. The van der Waals surface area contributed by atoms with E-state index in [1.807, 2.05) is 13.8 Å². The third-order valence-electron chi connectivity index (χ3n) is 3.37. The summed E-state index contributed by atoms with van der Waals surface area (Å²) >= 11 is 0. The molecule has 0 radical (unpaired) electrons. The van der Waals surface area contributed by atoms with E-state index in [-0.39, 0.29) is 30.0 Å². The summed E-state index contributed by atoms with van der Waals surface area (Å²) in [7, 11) is 1.80. The van der Waals surface area contributed by atoms with Gasteiger partial charge in [0.05, 0.1) is 18.1 Å². The van der Waals surface area contributed by atoms with Crippen LogP contribution in [0.15, 0.2) is 0 Å². The highest BCUT2D eigenvalue weighted by Crippen LogP contribution is 2.33. The summed E-state index contributed by atoms with van der Waals surface area (Å²) in [6.45, 7) is 7.19. The van der Waals surface area contributed by atoms with E-state index in [4.69, 9.17) is 10.5 Å². The Labute approximate surface area is 91.8 Å². The molecule has 0 aliphatic carbocycles. The molecule has 0 aromatic carbocycles. The first-order valence-electron chi connectivity index (χ1n) is 5.59. The molecule has 1 fully saturated rings. The lowest BCUT2D eigenvalue weighted by molar-refractivity contribution is -0.136. The van der Waals surface area contributed by atoms with Gasteiger partial charge in [-0.2, -0.15) is 0 Å². The molecule has 0 aromatic heterocycles. The average molecular weight is 214 g/mol. The maximum Gasteiger partial charge on any atom is 0.228 e. The van der Waals surface area contributed by atoms with Crippen molar-refractivity contribution < 1.29 is 9.53 Å². The summed E-state index contributed by atoms with van der Waals surface area (Å²) in [5.41, 5.74) is 5.44. The van der Waals surface area contributed by atoms with E-state index < -0.39 is 0 Å². The van der Waals surface area contributed by atoms with Crippen LogP contribution in [0.25, 0.3) is 0 Å². The van der Waals surface area contributed by atoms with E-state index >= 15 is 0 Å². The number of hydrogen-bond donors (Lipinski definition) is 1. The zero-order valence-electron chi connectivity index (χ0n) is 10.1. The van der Waals surface area contributed by atoms with Gasteiger partial charge in [0, 0.05) is 20.1 Å². The van der Waals surface area contributed by atoms with Gasteiger partial charge in [0.25, 0.3) is 0 Å². The van der Waals surface area contributed by atoms with E-state index in [1.165, 1.54) is 0 Å². The molecule has 1 rings (SSSR count). The van der Waals surface area contributed by atoms with Gasteiger partial charge in [-0.3, -0.25) is 4.79 Å². The van der Waals surface area contributed by atoms with Crippen molar-refractivity contribution in [2.75, 3.05) is 20.1 Å². The van der Waals surface area contributed by atoms with Crippen molar-refractivity contribution in [2.24, 2.45) is 17.6 Å². The summed E-state index contributed by atoms with van der Waals surface area (Å²) < 4.78 is 5.66. The second-order valence-electron chi connectivity index (χ2n) is 4.48. The molecule has 1 aliphatic rings. The molecule has 4 heteroatoms. The molecule has 1 heterocycles. The Morgan fingerprint density at radius 1 is 1.33 bits per heavy atom. The van der Waals surface area contributed by atoms with Gasteiger partial charge in [-0.15, -0.1) is 0 Å². The van der Waals surface area contributed by atoms with Crippen molar-refractivity contribution in [3.05, 3.63) is 0 Å². The van der Waals surface area contributed by atoms with Crippen LogP contribution in [-0.2, 0) is 9.53 Å². The lowest BCUT2D eigenvalue weighted by Gasteiger charge is -2.24. The summed E-state index contributed by atoms with van der Waals surface area (Å²) in [5.74, 6) is 0.425. The highest BCUT2D eigenvalue weighted by Gasteiger charge is 2.42. The Balaban J connectivity index is 2.66. The van der Waals surface area contributed by atoms with Crippen LogP contribution >= 0.6 is 0 Å². The molecule has 88 valence electrons. The number of amides is 1. The smallest absolute Gasteiger partial charge is 0.228 e. The molecule has 1 saturated heterocycles. The zero-order valence-corrected chi connectivity index (χ0v) is 10.1. The SMILES string of the molecule is CC1OC(C)C(C(=O)N(C)CCN)C1C. The standard InChI is InChI=1S/C11H22N2O2/c1-7-8(2)15-9(3)10(7)11(14)13(4)6-5-12/h7-10H,5-6,12H2,1-4H3. The van der Waals surface area contributed by atoms with Crippen molar-refractivity contribution in [1.29, 1.82) is 0 Å². The van der Waals surface area contributed by atoms with Crippen LogP contribution in [0.4, 0.5) is 0 Å². The number of likely N-dealkylation sites (N-methyl/N-ethyl adjacent to an activating group) is 1. The first-order chi connectivity index (χ1) is 6.99. The zero-order chi connectivity index (χ0) is 11.6. The molecule has 4 atom stereocenters. The van der Waals surface area contributed by atoms with Crippen molar-refractivity contribution in [3.63, 3.8) is 0 Å². The van der Waals surface area contributed by atoms with Crippen LogP contribution in [0.2, 0.25) is 0 Å². The van der Waals surface area contributed by atoms with Gasteiger partial charge < -0.3 is 15.4 Å². The first-order valence-corrected chi connectivity index (χ1v) is 5.59. The molecule has 15 heavy (non-hydrogen) atoms. The maximum atomic E-state index is 12.1. The predicted octanol–water partition coefficient (Wildman–Crippen LogP) is 0.463. The highest BCUT2D eigenvalue weighted by molar-refractivity contribution is 5.79. The van der Waals surface area contributed by atoms with Gasteiger partial charge in [-0.1, -0.05) is 6.92 Å². The minimum Gasteiger partial charge on any atom is -0.374 e. The molecular formula is C11H22N2O2. The molecular weight excluding hydrogens is 192 g/mol. The van der Waals surface area contributed by atoms with E-state index in [1.54, 1.807) is 11.9 Å². The largest absolute Gasteiger partial charge is 0.374 e. The number of nitrogens with zero attached hydrogens (tertiary/aromatic N) is 1. The molecule has 0 bridgehead atoms. The summed E-state index contributed by atoms with van der Waals surface area (Å²) in [6, 6.07) is 0. The molecule has 4 nitrogen and oxygen atoms in total. The Bertz CT molecular complexity index is 233. The highest BCUT2D eigenvalue weighted by atomic mass is 16.5. The molecule has 1 amide bonds.